The van der Waals surface area contributed by atoms with Crippen LogP contribution in [-0.4, -0.2) is 28.7 Å². The molecule has 1 unspecified atom stereocenters. The van der Waals surface area contributed by atoms with E-state index in [2.05, 4.69) is 6.92 Å². The topological polar surface area (TPSA) is 100 Å². The summed E-state index contributed by atoms with van der Waals surface area (Å²) in [7, 11) is -5.17. The summed E-state index contributed by atoms with van der Waals surface area (Å²) in [6.45, 7) is 4.05. The number of unbranched alkanes of at least 4 members (excludes halogenated alkanes) is 3. The summed E-state index contributed by atoms with van der Waals surface area (Å²) in [6, 6.07) is 0. The molecule has 0 rings (SSSR count). The van der Waals surface area contributed by atoms with Gasteiger partial charge in [-0.15, -0.1) is 0 Å². The van der Waals surface area contributed by atoms with Gasteiger partial charge in [-0.2, -0.15) is 0 Å². The van der Waals surface area contributed by atoms with Crippen molar-refractivity contribution in [3.05, 3.63) is 0 Å². The fourth-order valence-electron chi connectivity index (χ4n) is 0.867. The van der Waals surface area contributed by atoms with Crippen molar-refractivity contribution in [2.45, 2.75) is 52.1 Å². The summed E-state index contributed by atoms with van der Waals surface area (Å²) in [4.78, 5) is 0. The molecule has 16 heavy (non-hydrogen) atoms. The van der Waals surface area contributed by atoms with Crippen molar-refractivity contribution in [2.75, 3.05) is 0 Å². The third-order valence-electron chi connectivity index (χ3n) is 1.48. The molecule has 0 aromatic rings. The number of hydrogen-bond donors (Lipinski definition) is 1. The van der Waals surface area contributed by atoms with Crippen molar-refractivity contribution >= 4 is 10.4 Å². The van der Waals surface area contributed by atoms with E-state index >= 15 is 0 Å². The molecule has 0 aromatic heterocycles. The second-order valence-corrected chi connectivity index (χ2v) is 3.92. The minimum atomic E-state index is -5.17. The maximum atomic E-state index is 8.85. The molecule has 0 spiro atoms. The molecule has 0 bridgehead atoms. The van der Waals surface area contributed by atoms with Crippen LogP contribution < -0.4 is 103 Å². The van der Waals surface area contributed by atoms with Gasteiger partial charge in [0.05, 0.1) is 6.10 Å². The van der Waals surface area contributed by atoms with Gasteiger partial charge in [-0.3, -0.25) is 8.42 Å². The number of aliphatic hydroxyl groups is 1. The molecule has 0 heterocycles. The van der Waals surface area contributed by atoms with E-state index in [1.807, 2.05) is 6.92 Å². The Morgan fingerprint density at radius 3 is 1.75 bits per heavy atom. The molecule has 1 N–H and O–H groups in total. The van der Waals surface area contributed by atoms with Gasteiger partial charge in [0.15, 0.2) is 0 Å². The number of hydrogen-bond acceptors (Lipinski definition) is 5. The van der Waals surface area contributed by atoms with Gasteiger partial charge in [0.25, 0.3) is 0 Å². The molecule has 88 valence electrons. The smallest absolute Gasteiger partial charge is 0.759 e. The SMILES string of the molecule is CCCCCCC(C)O.O=S(=O)([O-])[O-].[K+].[K+]. The zero-order valence-electron chi connectivity index (χ0n) is 10.6. The molecule has 0 radical (unpaired) electrons. The zero-order valence-corrected chi connectivity index (χ0v) is 17.7. The van der Waals surface area contributed by atoms with Gasteiger partial charge in [-0.1, -0.05) is 32.6 Å². The van der Waals surface area contributed by atoms with Crippen LogP contribution >= 0.6 is 0 Å². The maximum absolute atomic E-state index is 8.85. The van der Waals surface area contributed by atoms with Crippen LogP contribution in [0, 0.1) is 0 Å². The Morgan fingerprint density at radius 1 is 1.12 bits per heavy atom. The van der Waals surface area contributed by atoms with Gasteiger partial charge in [0.2, 0.25) is 0 Å². The Labute approximate surface area is 184 Å². The van der Waals surface area contributed by atoms with Crippen LogP contribution in [0.2, 0.25) is 0 Å². The van der Waals surface area contributed by atoms with E-state index in [-0.39, 0.29) is 109 Å². The summed E-state index contributed by atoms with van der Waals surface area (Å²) in [5.74, 6) is 0. The average Bonchev–Trinajstić information content (AvgIpc) is 1.94. The van der Waals surface area contributed by atoms with E-state index in [0.29, 0.717) is 0 Å². The van der Waals surface area contributed by atoms with Crippen molar-refractivity contribution in [2.24, 2.45) is 0 Å². The molecule has 0 amide bonds. The molecule has 0 aliphatic carbocycles. The fourth-order valence-corrected chi connectivity index (χ4v) is 0.867. The van der Waals surface area contributed by atoms with Gasteiger partial charge in [-0.05, 0) is 13.3 Å². The van der Waals surface area contributed by atoms with Crippen LogP contribution in [0.25, 0.3) is 0 Å². The van der Waals surface area contributed by atoms with Crippen LogP contribution in [0.5, 0.6) is 0 Å². The van der Waals surface area contributed by atoms with Crippen LogP contribution in [0.3, 0.4) is 0 Å². The first-order valence-electron chi connectivity index (χ1n) is 4.62. The molecule has 0 aliphatic rings. The second kappa shape index (κ2) is 18.1. The summed E-state index contributed by atoms with van der Waals surface area (Å²) < 4.78 is 34.1. The van der Waals surface area contributed by atoms with E-state index in [0.717, 1.165) is 6.42 Å². The molecule has 8 heteroatoms. The molecule has 0 aromatic carbocycles. The zero-order chi connectivity index (χ0) is 11.6. The molecule has 1 atom stereocenters. The standard InChI is InChI=1S/C8H18O.2K.H2O4S/c1-3-4-5-6-7-8(2)9;;;1-5(2,3)4/h8-9H,3-7H2,1-2H3;;;(H2,1,2,3,4)/q;2*+1;/p-2. The largest absolute Gasteiger partial charge is 1.00 e. The Hall–Kier alpha value is 3.10. The third kappa shape index (κ3) is 53.5. The maximum Gasteiger partial charge on any atom is 1.00 e. The van der Waals surface area contributed by atoms with E-state index in [1.54, 1.807) is 0 Å². The first kappa shape index (κ1) is 27.4. The van der Waals surface area contributed by atoms with Crippen molar-refractivity contribution in [3.63, 3.8) is 0 Å². The first-order chi connectivity index (χ1) is 6.27. The van der Waals surface area contributed by atoms with Crippen LogP contribution in [-0.2, 0) is 10.4 Å². The monoisotopic (exact) mass is 304 g/mol. The summed E-state index contributed by atoms with van der Waals surface area (Å²) >= 11 is 0. The summed E-state index contributed by atoms with van der Waals surface area (Å²) in [6.07, 6.45) is 5.93. The molecule has 0 saturated carbocycles. The molecule has 0 aliphatic heterocycles. The summed E-state index contributed by atoms with van der Waals surface area (Å²) in [5.41, 5.74) is 0. The van der Waals surface area contributed by atoms with E-state index in [9.17, 15) is 0 Å². The average molecular weight is 304 g/mol. The van der Waals surface area contributed by atoms with Crippen molar-refractivity contribution < 1.29 is 125 Å². The Balaban J connectivity index is -0.0000000904. The molecule has 5 nitrogen and oxygen atoms in total. The van der Waals surface area contributed by atoms with Gasteiger partial charge in [-0.25, -0.2) is 0 Å². The normalized spacial score (nSPS) is 11.3. The number of aliphatic hydroxyl groups excluding tert-OH is 1. The molecular formula is C8H18K2O5S. The predicted octanol–water partition coefficient (Wildman–Crippen LogP) is -4.99. The van der Waals surface area contributed by atoms with Crippen molar-refractivity contribution in [1.29, 1.82) is 0 Å². The van der Waals surface area contributed by atoms with Crippen molar-refractivity contribution in [3.8, 4) is 0 Å². The van der Waals surface area contributed by atoms with Gasteiger partial charge >= 0.3 is 103 Å². The number of rotatable bonds is 5. The van der Waals surface area contributed by atoms with Crippen molar-refractivity contribution in [1.82, 2.24) is 0 Å². The van der Waals surface area contributed by atoms with Gasteiger partial charge < -0.3 is 14.2 Å². The molecule has 0 saturated heterocycles. The van der Waals surface area contributed by atoms with Gasteiger partial charge in [0, 0.05) is 10.4 Å². The van der Waals surface area contributed by atoms with Crippen LogP contribution in [0.1, 0.15) is 46.0 Å². The van der Waals surface area contributed by atoms with E-state index < -0.39 is 10.4 Å². The first-order valence-corrected chi connectivity index (χ1v) is 5.95. The molecule has 0 fully saturated rings. The van der Waals surface area contributed by atoms with E-state index in [4.69, 9.17) is 22.6 Å². The second-order valence-electron chi connectivity index (χ2n) is 3.11. The minimum Gasteiger partial charge on any atom is -0.759 e. The third-order valence-corrected chi connectivity index (χ3v) is 1.48. The van der Waals surface area contributed by atoms with E-state index in [1.165, 1.54) is 25.7 Å². The Kier molecular flexibility index (Phi) is 31.1. The Bertz CT molecular complexity index is 198. The van der Waals surface area contributed by atoms with Gasteiger partial charge in [0.1, 0.15) is 0 Å². The van der Waals surface area contributed by atoms with Crippen LogP contribution in [0.15, 0.2) is 0 Å². The van der Waals surface area contributed by atoms with Crippen LogP contribution in [0.4, 0.5) is 0 Å². The minimum absolute atomic E-state index is 0. The predicted molar refractivity (Wildman–Crippen MR) is 50.9 cm³/mol. The Morgan fingerprint density at radius 2 is 1.50 bits per heavy atom. The quantitative estimate of drug-likeness (QED) is 0.237. The fraction of sp³-hybridized carbons (Fsp3) is 1.00. The molecular weight excluding hydrogens is 286 g/mol. The summed E-state index contributed by atoms with van der Waals surface area (Å²) in [5, 5.41) is 8.85.